The minimum Gasteiger partial charge on any atom is -0.466 e. The maximum atomic E-state index is 14.2. The number of nitrogens with zero attached hydrogens (tertiary/aromatic N) is 2. The van der Waals surface area contributed by atoms with Crippen molar-refractivity contribution in [2.75, 3.05) is 13.2 Å². The minimum atomic E-state index is -0.514. The number of ether oxygens (including phenoxy) is 1. The highest BCUT2D eigenvalue weighted by atomic mass is 35.5. The molecule has 0 fully saturated rings. The summed E-state index contributed by atoms with van der Waals surface area (Å²) in [7, 11) is 0. The van der Waals surface area contributed by atoms with Crippen LogP contribution in [0.15, 0.2) is 48.7 Å². The molecule has 0 unspecified atom stereocenters. The molecule has 1 aromatic heterocycles. The van der Waals surface area contributed by atoms with Gasteiger partial charge in [0.05, 0.1) is 18.7 Å². The van der Waals surface area contributed by atoms with Gasteiger partial charge < -0.3 is 10.5 Å². The van der Waals surface area contributed by atoms with Crippen molar-refractivity contribution in [3.8, 4) is 11.1 Å². The van der Waals surface area contributed by atoms with Crippen LogP contribution in [0.4, 0.5) is 4.39 Å². The van der Waals surface area contributed by atoms with Crippen LogP contribution < -0.4 is 5.73 Å². The molecule has 3 rings (SSSR count). The first-order chi connectivity index (χ1) is 15.9. The van der Waals surface area contributed by atoms with Crippen LogP contribution in [0.25, 0.3) is 11.1 Å². The average Bonchev–Trinajstić information content (AvgIpc) is 3.35. The van der Waals surface area contributed by atoms with Gasteiger partial charge >= 0.3 is 5.97 Å². The van der Waals surface area contributed by atoms with Gasteiger partial charge in [0, 0.05) is 23.6 Å². The number of esters is 1. The molecule has 9 heteroatoms. The molecule has 0 aliphatic rings. The molecule has 0 saturated heterocycles. The number of aromatic amines is 1. The van der Waals surface area contributed by atoms with Gasteiger partial charge in [-0.15, -0.1) is 0 Å². The lowest BCUT2D eigenvalue weighted by molar-refractivity contribution is -0.148. The maximum absolute atomic E-state index is 14.2. The maximum Gasteiger partial charge on any atom is 0.310 e. The Morgan fingerprint density at radius 1 is 1.21 bits per heavy atom. The van der Waals surface area contributed by atoms with Crippen molar-refractivity contribution in [1.29, 1.82) is 0 Å². The third kappa shape index (κ3) is 6.69. The van der Waals surface area contributed by atoms with Crippen molar-refractivity contribution in [3.63, 3.8) is 0 Å². The lowest BCUT2D eigenvalue weighted by Crippen LogP contribution is -2.29. The number of rotatable bonds is 11. The van der Waals surface area contributed by atoms with E-state index < -0.39 is 5.92 Å². The molecule has 1 heterocycles. The monoisotopic (exact) mass is 472 g/mol. The lowest BCUT2D eigenvalue weighted by Gasteiger charge is -2.21. The summed E-state index contributed by atoms with van der Waals surface area (Å²) in [6, 6.07) is 11.8. The van der Waals surface area contributed by atoms with Gasteiger partial charge in [0.25, 0.3) is 0 Å². The third-order valence-corrected chi connectivity index (χ3v) is 5.65. The lowest BCUT2D eigenvalue weighted by atomic mass is 9.85. The molecule has 2 atom stereocenters. The number of carbonyl (C=O) groups excluding carboxylic acids is 2. The number of aromatic nitrogens is 3. The average molecular weight is 473 g/mol. The molecule has 0 radical (unpaired) electrons. The van der Waals surface area contributed by atoms with Gasteiger partial charge in [-0.2, -0.15) is 15.4 Å². The highest BCUT2D eigenvalue weighted by molar-refractivity contribution is 6.30. The van der Waals surface area contributed by atoms with E-state index in [0.717, 1.165) is 5.56 Å². The van der Waals surface area contributed by atoms with Crippen LogP contribution in [0, 0.1) is 17.7 Å². The van der Waals surface area contributed by atoms with E-state index in [1.165, 1.54) is 18.3 Å². The van der Waals surface area contributed by atoms with Gasteiger partial charge in [0.1, 0.15) is 11.5 Å². The second-order valence-corrected chi connectivity index (χ2v) is 8.23. The van der Waals surface area contributed by atoms with E-state index in [9.17, 15) is 14.0 Å². The van der Waals surface area contributed by atoms with Crippen molar-refractivity contribution in [2.24, 2.45) is 17.6 Å². The standard InChI is InChI=1S/C24H26ClFN4O3/c1-2-33-24(32)18(13-27)10-16(11-23(31)22-14-28-30-29-22)9-15-3-5-17(6-4-15)20-12-19(25)7-8-21(20)26/h3-8,12,14,16,18H,2,9-11,13,27H2,1H3,(H,28,29,30)/t16-,18+/m1/s1. The Kier molecular flexibility index (Phi) is 8.68. The molecule has 0 bridgehead atoms. The molecule has 2 aromatic carbocycles. The van der Waals surface area contributed by atoms with Crippen LogP contribution in [0.1, 0.15) is 35.8 Å². The quantitative estimate of drug-likeness (QED) is 0.319. The second-order valence-electron chi connectivity index (χ2n) is 7.79. The Bertz CT molecular complexity index is 1070. The summed E-state index contributed by atoms with van der Waals surface area (Å²) in [5.41, 5.74) is 8.12. The van der Waals surface area contributed by atoms with Crippen molar-refractivity contribution in [2.45, 2.75) is 26.2 Å². The third-order valence-electron chi connectivity index (χ3n) is 5.41. The summed E-state index contributed by atoms with van der Waals surface area (Å²) in [5, 5.41) is 10.4. The molecule has 7 nitrogen and oxygen atoms in total. The molecule has 174 valence electrons. The predicted molar refractivity (Wildman–Crippen MR) is 123 cm³/mol. The Morgan fingerprint density at radius 3 is 2.61 bits per heavy atom. The van der Waals surface area contributed by atoms with Gasteiger partial charge in [0.2, 0.25) is 0 Å². The number of H-pyrrole nitrogens is 1. The van der Waals surface area contributed by atoms with Gasteiger partial charge in [-0.1, -0.05) is 35.9 Å². The molecular weight excluding hydrogens is 447 g/mol. The van der Waals surface area contributed by atoms with Gasteiger partial charge in [-0.3, -0.25) is 9.59 Å². The molecule has 0 aliphatic heterocycles. The number of nitrogens with one attached hydrogen (secondary N) is 1. The number of ketones is 1. The number of halogens is 2. The van der Waals surface area contributed by atoms with Crippen molar-refractivity contribution >= 4 is 23.4 Å². The number of benzene rings is 2. The fourth-order valence-electron chi connectivity index (χ4n) is 3.77. The Morgan fingerprint density at radius 2 is 1.97 bits per heavy atom. The molecule has 0 spiro atoms. The summed E-state index contributed by atoms with van der Waals surface area (Å²) in [6.07, 6.45) is 2.47. The van der Waals surface area contributed by atoms with Crippen LogP contribution in [0.3, 0.4) is 0 Å². The Hall–Kier alpha value is -3.10. The smallest absolute Gasteiger partial charge is 0.310 e. The van der Waals surface area contributed by atoms with Gasteiger partial charge in [-0.05, 0) is 55.0 Å². The zero-order valence-corrected chi connectivity index (χ0v) is 19.0. The van der Waals surface area contributed by atoms with Gasteiger partial charge in [0.15, 0.2) is 5.78 Å². The second kappa shape index (κ2) is 11.7. The number of hydrogen-bond donors (Lipinski definition) is 2. The summed E-state index contributed by atoms with van der Waals surface area (Å²) < 4.78 is 19.3. The zero-order chi connectivity index (χ0) is 23.8. The molecule has 3 aromatic rings. The minimum absolute atomic E-state index is 0.125. The summed E-state index contributed by atoms with van der Waals surface area (Å²) in [6.45, 7) is 2.13. The van der Waals surface area contributed by atoms with Crippen LogP contribution in [0.5, 0.6) is 0 Å². The van der Waals surface area contributed by atoms with E-state index in [0.29, 0.717) is 29.0 Å². The van der Waals surface area contributed by atoms with E-state index in [1.54, 1.807) is 13.0 Å². The van der Waals surface area contributed by atoms with E-state index in [2.05, 4.69) is 15.4 Å². The molecule has 0 aliphatic carbocycles. The van der Waals surface area contributed by atoms with Crippen LogP contribution in [-0.2, 0) is 16.0 Å². The van der Waals surface area contributed by atoms with Crippen LogP contribution in [0.2, 0.25) is 5.02 Å². The van der Waals surface area contributed by atoms with Crippen molar-refractivity contribution in [3.05, 3.63) is 70.8 Å². The first kappa shape index (κ1) is 24.5. The Labute approximate surface area is 196 Å². The van der Waals surface area contributed by atoms with Crippen molar-refractivity contribution in [1.82, 2.24) is 15.4 Å². The molecular formula is C24H26ClFN4O3. The highest BCUT2D eigenvalue weighted by Gasteiger charge is 2.26. The van der Waals surface area contributed by atoms with Gasteiger partial charge in [-0.25, -0.2) is 4.39 Å². The predicted octanol–water partition coefficient (Wildman–Crippen LogP) is 4.22. The fraction of sp³-hybridized carbons (Fsp3) is 0.333. The zero-order valence-electron chi connectivity index (χ0n) is 18.3. The number of nitrogens with two attached hydrogens (primary N) is 1. The van der Waals surface area contributed by atoms with E-state index >= 15 is 0 Å². The normalized spacial score (nSPS) is 12.8. The van der Waals surface area contributed by atoms with E-state index in [4.69, 9.17) is 22.1 Å². The fourth-order valence-corrected chi connectivity index (χ4v) is 3.94. The van der Waals surface area contributed by atoms with E-state index in [-0.39, 0.29) is 48.8 Å². The summed E-state index contributed by atoms with van der Waals surface area (Å²) in [4.78, 5) is 24.9. The topological polar surface area (TPSA) is 111 Å². The first-order valence-electron chi connectivity index (χ1n) is 10.7. The largest absolute Gasteiger partial charge is 0.466 e. The molecule has 0 saturated carbocycles. The molecule has 0 amide bonds. The van der Waals surface area contributed by atoms with Crippen molar-refractivity contribution < 1.29 is 18.7 Å². The van der Waals surface area contributed by atoms with Crippen LogP contribution >= 0.6 is 11.6 Å². The summed E-state index contributed by atoms with van der Waals surface area (Å²) in [5.74, 6) is -1.60. The molecule has 3 N–H and O–H groups in total. The van der Waals surface area contributed by atoms with Crippen LogP contribution in [-0.4, -0.2) is 40.3 Å². The number of carbonyl (C=O) groups is 2. The highest BCUT2D eigenvalue weighted by Crippen LogP contribution is 2.28. The number of hydrogen-bond acceptors (Lipinski definition) is 6. The SMILES string of the molecule is CCOC(=O)[C@H](CN)C[C@H](CC(=O)c1cn[nH]n1)Cc1ccc(-c2cc(Cl)ccc2F)cc1. The number of Topliss-reactive ketones (excluding diaryl/α,β-unsaturated/α-hetero) is 1. The molecule has 33 heavy (non-hydrogen) atoms. The first-order valence-corrected chi connectivity index (χ1v) is 11.1. The summed E-state index contributed by atoms with van der Waals surface area (Å²) >= 11 is 6.01. The Balaban J connectivity index is 1.78. The van der Waals surface area contributed by atoms with E-state index in [1.807, 2.05) is 24.3 Å².